The van der Waals surface area contributed by atoms with Gasteiger partial charge in [0.05, 0.1) is 12.9 Å². The topological polar surface area (TPSA) is 127 Å². The van der Waals surface area contributed by atoms with Crippen LogP contribution in [0, 0.1) is 0 Å². The molecule has 1 saturated heterocycles. The molecule has 4 heterocycles. The number of aromatic nitrogens is 5. The first kappa shape index (κ1) is 14.3. The first-order chi connectivity index (χ1) is 11.2. The largest absolute Gasteiger partial charge is 0.394 e. The fraction of sp³-hybridized carbons (Fsp3) is 0.462. The van der Waals surface area contributed by atoms with Crippen LogP contribution in [0.4, 0.5) is 0 Å². The number of nitrogens with one attached hydrogen (secondary N) is 1. The SMILES string of the molecule is CO[C@@H]1[C@H](O)[C@@H](CO)O[C@H]1n1cnc2c(=O)n3cc[nH]c3nc21. The van der Waals surface area contributed by atoms with E-state index in [0.29, 0.717) is 11.4 Å². The number of H-pyrrole nitrogens is 1. The molecular weight excluding hydrogens is 306 g/mol. The van der Waals surface area contributed by atoms with E-state index in [4.69, 9.17) is 9.47 Å². The minimum atomic E-state index is -0.997. The summed E-state index contributed by atoms with van der Waals surface area (Å²) < 4.78 is 13.8. The summed E-state index contributed by atoms with van der Waals surface area (Å²) in [6, 6.07) is 0. The summed E-state index contributed by atoms with van der Waals surface area (Å²) in [7, 11) is 1.44. The molecule has 3 N–H and O–H groups in total. The maximum atomic E-state index is 12.4. The predicted molar refractivity (Wildman–Crippen MR) is 76.9 cm³/mol. The summed E-state index contributed by atoms with van der Waals surface area (Å²) in [5.41, 5.74) is 0.189. The molecule has 0 unspecified atom stereocenters. The zero-order chi connectivity index (χ0) is 16.1. The van der Waals surface area contributed by atoms with E-state index in [0.717, 1.165) is 0 Å². The van der Waals surface area contributed by atoms with Crippen LogP contribution in [0.25, 0.3) is 16.9 Å². The van der Waals surface area contributed by atoms with Gasteiger partial charge in [-0.3, -0.25) is 13.8 Å². The molecule has 23 heavy (non-hydrogen) atoms. The van der Waals surface area contributed by atoms with Crippen molar-refractivity contribution in [1.29, 1.82) is 0 Å². The molecule has 3 aromatic heterocycles. The van der Waals surface area contributed by atoms with Crippen LogP contribution in [0.15, 0.2) is 23.5 Å². The van der Waals surface area contributed by atoms with Crippen LogP contribution < -0.4 is 5.56 Å². The summed E-state index contributed by atoms with van der Waals surface area (Å²) in [6.45, 7) is -0.346. The molecule has 0 saturated carbocycles. The second-order valence-electron chi connectivity index (χ2n) is 5.33. The molecule has 10 heteroatoms. The summed E-state index contributed by atoms with van der Waals surface area (Å²) in [6.07, 6.45) is 1.35. The lowest BCUT2D eigenvalue weighted by atomic mass is 10.1. The summed E-state index contributed by atoms with van der Waals surface area (Å²) >= 11 is 0. The molecule has 0 aliphatic carbocycles. The number of fused-ring (bicyclic) bond motifs is 2. The normalized spacial score (nSPS) is 28.1. The summed E-state index contributed by atoms with van der Waals surface area (Å²) in [5, 5.41) is 19.4. The van der Waals surface area contributed by atoms with Crippen molar-refractivity contribution in [1.82, 2.24) is 23.9 Å². The number of nitrogens with zero attached hydrogens (tertiary/aromatic N) is 4. The van der Waals surface area contributed by atoms with Crippen LogP contribution in [-0.4, -0.2) is 66.2 Å². The first-order valence-electron chi connectivity index (χ1n) is 7.05. The van der Waals surface area contributed by atoms with Crippen molar-refractivity contribution in [2.45, 2.75) is 24.5 Å². The van der Waals surface area contributed by atoms with Crippen molar-refractivity contribution >= 4 is 16.9 Å². The van der Waals surface area contributed by atoms with Crippen molar-refractivity contribution in [3.8, 4) is 0 Å². The van der Waals surface area contributed by atoms with Gasteiger partial charge in [-0.15, -0.1) is 0 Å². The molecule has 0 amide bonds. The van der Waals surface area contributed by atoms with Crippen molar-refractivity contribution in [3.05, 3.63) is 29.1 Å². The van der Waals surface area contributed by atoms with E-state index in [1.54, 1.807) is 12.4 Å². The second-order valence-corrected chi connectivity index (χ2v) is 5.33. The van der Waals surface area contributed by atoms with E-state index < -0.39 is 24.5 Å². The van der Waals surface area contributed by atoms with Gasteiger partial charge in [-0.25, -0.2) is 4.98 Å². The van der Waals surface area contributed by atoms with Gasteiger partial charge in [-0.2, -0.15) is 4.98 Å². The Morgan fingerprint density at radius 2 is 2.35 bits per heavy atom. The van der Waals surface area contributed by atoms with Gasteiger partial charge in [-0.05, 0) is 0 Å². The highest BCUT2D eigenvalue weighted by molar-refractivity contribution is 5.71. The molecular formula is C13H15N5O5. The highest BCUT2D eigenvalue weighted by atomic mass is 16.6. The molecule has 10 nitrogen and oxygen atoms in total. The zero-order valence-electron chi connectivity index (χ0n) is 12.2. The number of ether oxygens (including phenoxy) is 2. The lowest BCUT2D eigenvalue weighted by Crippen LogP contribution is -2.34. The Morgan fingerprint density at radius 1 is 1.52 bits per heavy atom. The van der Waals surface area contributed by atoms with Gasteiger partial charge in [0.25, 0.3) is 5.56 Å². The molecule has 122 valence electrons. The minimum absolute atomic E-state index is 0.183. The highest BCUT2D eigenvalue weighted by Gasteiger charge is 2.45. The summed E-state index contributed by atoms with van der Waals surface area (Å²) in [4.78, 5) is 23.7. The van der Waals surface area contributed by atoms with Crippen LogP contribution in [-0.2, 0) is 9.47 Å². The summed E-state index contributed by atoms with van der Waals surface area (Å²) in [5.74, 6) is 0.371. The number of methoxy groups -OCH3 is 1. The molecule has 1 aliphatic heterocycles. The Labute approximate surface area is 128 Å². The smallest absolute Gasteiger partial charge is 0.287 e. The maximum absolute atomic E-state index is 12.4. The number of hydrogen-bond acceptors (Lipinski definition) is 7. The van der Waals surface area contributed by atoms with Crippen LogP contribution >= 0.6 is 0 Å². The minimum Gasteiger partial charge on any atom is -0.394 e. The van der Waals surface area contributed by atoms with Gasteiger partial charge in [0, 0.05) is 19.5 Å². The van der Waals surface area contributed by atoms with Gasteiger partial charge >= 0.3 is 0 Å². The molecule has 0 radical (unpaired) electrons. The number of aliphatic hydroxyl groups is 2. The van der Waals surface area contributed by atoms with Gasteiger partial charge in [0.15, 0.2) is 17.4 Å². The molecule has 1 aliphatic rings. The number of imidazole rings is 2. The predicted octanol–water partition coefficient (Wildman–Crippen LogP) is -1.36. The van der Waals surface area contributed by atoms with E-state index in [-0.39, 0.29) is 17.7 Å². The third-order valence-corrected chi connectivity index (χ3v) is 4.10. The average Bonchev–Trinajstić information content (AvgIpc) is 3.24. The number of hydrogen-bond donors (Lipinski definition) is 3. The Kier molecular flexibility index (Phi) is 3.20. The van der Waals surface area contributed by atoms with Crippen molar-refractivity contribution in [3.63, 3.8) is 0 Å². The monoisotopic (exact) mass is 321 g/mol. The first-order valence-corrected chi connectivity index (χ1v) is 7.05. The third kappa shape index (κ3) is 1.93. The van der Waals surface area contributed by atoms with Crippen LogP contribution in [0.2, 0.25) is 0 Å². The van der Waals surface area contributed by atoms with Crippen molar-refractivity contribution in [2.24, 2.45) is 0 Å². The van der Waals surface area contributed by atoms with E-state index in [1.807, 2.05) is 0 Å². The van der Waals surface area contributed by atoms with Crippen molar-refractivity contribution in [2.75, 3.05) is 13.7 Å². The van der Waals surface area contributed by atoms with Crippen molar-refractivity contribution < 1.29 is 19.7 Å². The zero-order valence-corrected chi connectivity index (χ0v) is 12.2. The molecule has 0 aromatic carbocycles. The third-order valence-electron chi connectivity index (χ3n) is 4.10. The molecule has 0 bridgehead atoms. The standard InChI is InChI=1S/C13H15N5O5/c1-22-9-8(20)6(4-19)23-12(9)18-5-15-7-10(18)16-13-14-2-3-17(13)11(7)21/h2-3,5-6,8-9,12,19-20H,4H2,1H3,(H,14,16)/t6-,8-,9-,12-/m1/s1. The fourth-order valence-corrected chi connectivity index (χ4v) is 2.94. The Balaban J connectivity index is 1.89. The van der Waals surface area contributed by atoms with Crippen LogP contribution in [0.3, 0.4) is 0 Å². The average molecular weight is 321 g/mol. The number of aliphatic hydroxyl groups excluding tert-OH is 2. The quantitative estimate of drug-likeness (QED) is 0.543. The lowest BCUT2D eigenvalue weighted by Gasteiger charge is -2.19. The van der Waals surface area contributed by atoms with E-state index >= 15 is 0 Å². The van der Waals surface area contributed by atoms with Gasteiger partial charge in [0.1, 0.15) is 18.3 Å². The molecule has 1 fully saturated rings. The van der Waals surface area contributed by atoms with E-state index in [1.165, 1.54) is 22.4 Å². The van der Waals surface area contributed by atoms with E-state index in [9.17, 15) is 15.0 Å². The molecule has 4 rings (SSSR count). The van der Waals surface area contributed by atoms with Crippen LogP contribution in [0.1, 0.15) is 6.23 Å². The second kappa shape index (κ2) is 5.13. The molecule has 4 atom stereocenters. The number of aromatic amines is 1. The van der Waals surface area contributed by atoms with E-state index in [2.05, 4.69) is 15.0 Å². The van der Waals surface area contributed by atoms with Gasteiger partial charge in [0.2, 0.25) is 5.78 Å². The number of rotatable bonds is 3. The Bertz CT molecular complexity index is 914. The molecule has 0 spiro atoms. The lowest BCUT2D eigenvalue weighted by molar-refractivity contribution is -0.0583. The van der Waals surface area contributed by atoms with Gasteiger partial charge in [-0.1, -0.05) is 0 Å². The fourth-order valence-electron chi connectivity index (χ4n) is 2.94. The highest BCUT2D eigenvalue weighted by Crippen LogP contribution is 2.32. The van der Waals surface area contributed by atoms with Gasteiger partial charge < -0.3 is 24.7 Å². The maximum Gasteiger partial charge on any atom is 0.287 e. The Morgan fingerprint density at radius 3 is 3.09 bits per heavy atom. The Hall–Kier alpha value is -2.27. The van der Waals surface area contributed by atoms with Crippen LogP contribution in [0.5, 0.6) is 0 Å². The molecule has 3 aromatic rings.